The molecule has 0 heterocycles. The van der Waals surface area contributed by atoms with Crippen LogP contribution < -0.4 is 0 Å². The van der Waals surface area contributed by atoms with Crippen molar-refractivity contribution in [3.63, 3.8) is 0 Å². The summed E-state index contributed by atoms with van der Waals surface area (Å²) < 4.78 is 0. The summed E-state index contributed by atoms with van der Waals surface area (Å²) in [5, 5.41) is 0. The number of carbonyl (C=O) groups is 2. The summed E-state index contributed by atoms with van der Waals surface area (Å²) in [6.07, 6.45) is 1.92. The Morgan fingerprint density at radius 2 is 0.632 bits per heavy atom. The first-order valence-corrected chi connectivity index (χ1v) is 12.8. The van der Waals surface area contributed by atoms with Gasteiger partial charge in [-0.25, -0.2) is 0 Å². The normalized spacial score (nSPS) is 10.8. The molecule has 5 rings (SSSR count). The maximum absolute atomic E-state index is 13.2. The third-order valence-electron chi connectivity index (χ3n) is 7.04. The van der Waals surface area contributed by atoms with Gasteiger partial charge >= 0.3 is 0 Å². The Bertz CT molecular complexity index is 1450. The van der Waals surface area contributed by atoms with Crippen molar-refractivity contribution in [2.45, 2.75) is 27.7 Å². The minimum absolute atomic E-state index is 0.583. The van der Waals surface area contributed by atoms with Gasteiger partial charge in [0.15, 0.2) is 12.6 Å². The maximum Gasteiger partial charge on any atom is 0.151 e. The Morgan fingerprint density at radius 1 is 0.395 bits per heavy atom. The SMILES string of the molecule is Cc1cccc(-c2c(C=O)c(-c3cccc(C)c3)c(-c3cccc(C)c3)c(C=O)c2-c2cccc(C)c2)c1. The highest BCUT2D eigenvalue weighted by molar-refractivity contribution is 6.14. The zero-order valence-electron chi connectivity index (χ0n) is 22.2. The van der Waals surface area contributed by atoms with E-state index in [2.05, 4.69) is 24.3 Å². The lowest BCUT2D eigenvalue weighted by Crippen LogP contribution is -2.05. The fourth-order valence-corrected chi connectivity index (χ4v) is 5.43. The van der Waals surface area contributed by atoms with Crippen molar-refractivity contribution < 1.29 is 9.59 Å². The van der Waals surface area contributed by atoms with E-state index in [0.717, 1.165) is 79.3 Å². The van der Waals surface area contributed by atoms with Crippen molar-refractivity contribution in [3.05, 3.63) is 130 Å². The summed E-state index contributed by atoms with van der Waals surface area (Å²) in [4.78, 5) is 26.4. The highest BCUT2D eigenvalue weighted by atomic mass is 16.1. The van der Waals surface area contributed by atoms with Crippen LogP contribution in [0.15, 0.2) is 97.1 Å². The minimum atomic E-state index is 0.583. The largest absolute Gasteiger partial charge is 0.298 e. The van der Waals surface area contributed by atoms with E-state index in [0.29, 0.717) is 11.1 Å². The minimum Gasteiger partial charge on any atom is -0.298 e. The number of aryl methyl sites for hydroxylation is 4. The van der Waals surface area contributed by atoms with Crippen molar-refractivity contribution in [2.75, 3.05) is 0 Å². The molecule has 2 nitrogen and oxygen atoms in total. The van der Waals surface area contributed by atoms with Gasteiger partial charge in [0.05, 0.1) is 0 Å². The lowest BCUT2D eigenvalue weighted by molar-refractivity contribution is 0.111. The van der Waals surface area contributed by atoms with Crippen LogP contribution >= 0.6 is 0 Å². The predicted molar refractivity (Wildman–Crippen MR) is 158 cm³/mol. The molecule has 0 aromatic heterocycles. The van der Waals surface area contributed by atoms with Crippen molar-refractivity contribution in [2.24, 2.45) is 0 Å². The van der Waals surface area contributed by atoms with Crippen LogP contribution in [0.3, 0.4) is 0 Å². The number of aldehydes is 2. The Hall–Kier alpha value is -4.56. The van der Waals surface area contributed by atoms with E-state index in [1.54, 1.807) is 0 Å². The van der Waals surface area contributed by atoms with Crippen molar-refractivity contribution >= 4 is 12.6 Å². The molecule has 0 atom stereocenters. The molecule has 38 heavy (non-hydrogen) atoms. The van der Waals surface area contributed by atoms with E-state index >= 15 is 0 Å². The fraction of sp³-hybridized carbons (Fsp3) is 0.111. The first-order chi connectivity index (χ1) is 18.4. The molecule has 5 aromatic rings. The molecule has 0 radical (unpaired) electrons. The smallest absolute Gasteiger partial charge is 0.151 e. The second-order valence-electron chi connectivity index (χ2n) is 10.0. The molecule has 0 amide bonds. The van der Waals surface area contributed by atoms with E-state index in [-0.39, 0.29) is 0 Å². The number of hydrogen-bond donors (Lipinski definition) is 0. The van der Waals surface area contributed by atoms with Gasteiger partial charge in [-0.3, -0.25) is 9.59 Å². The highest BCUT2D eigenvalue weighted by Crippen LogP contribution is 2.48. The van der Waals surface area contributed by atoms with Crippen LogP contribution in [0.4, 0.5) is 0 Å². The first kappa shape index (κ1) is 25.1. The molecule has 5 aromatic carbocycles. The molecule has 0 fully saturated rings. The van der Waals surface area contributed by atoms with Crippen molar-refractivity contribution in [1.82, 2.24) is 0 Å². The third-order valence-corrected chi connectivity index (χ3v) is 7.04. The van der Waals surface area contributed by atoms with Crippen LogP contribution in [0.25, 0.3) is 44.5 Å². The second kappa shape index (κ2) is 10.4. The van der Waals surface area contributed by atoms with Gasteiger partial charge in [0.1, 0.15) is 0 Å². The molecular weight excluding hydrogens is 464 g/mol. The summed E-state index contributed by atoms with van der Waals surface area (Å²) in [6, 6.07) is 32.6. The average Bonchev–Trinajstić information content (AvgIpc) is 2.91. The summed E-state index contributed by atoms with van der Waals surface area (Å²) in [5.74, 6) is 0. The van der Waals surface area contributed by atoms with Gasteiger partial charge in [0.25, 0.3) is 0 Å². The van der Waals surface area contributed by atoms with Gasteiger partial charge < -0.3 is 0 Å². The molecule has 0 aliphatic heterocycles. The van der Waals surface area contributed by atoms with Crippen LogP contribution in [0.2, 0.25) is 0 Å². The lowest BCUT2D eigenvalue weighted by Gasteiger charge is -2.24. The molecule has 0 aliphatic carbocycles. The molecule has 0 N–H and O–H groups in total. The summed E-state index contributed by atoms with van der Waals surface area (Å²) >= 11 is 0. The molecule has 0 saturated carbocycles. The number of hydrogen-bond acceptors (Lipinski definition) is 2. The summed E-state index contributed by atoms with van der Waals surface area (Å²) in [6.45, 7) is 8.17. The highest BCUT2D eigenvalue weighted by Gasteiger charge is 2.27. The summed E-state index contributed by atoms with van der Waals surface area (Å²) in [7, 11) is 0. The van der Waals surface area contributed by atoms with E-state index in [9.17, 15) is 9.59 Å². The van der Waals surface area contributed by atoms with Crippen LogP contribution in [0.5, 0.6) is 0 Å². The fourth-order valence-electron chi connectivity index (χ4n) is 5.43. The van der Waals surface area contributed by atoms with Gasteiger partial charge in [0.2, 0.25) is 0 Å². The molecule has 0 spiro atoms. The van der Waals surface area contributed by atoms with Gasteiger partial charge in [-0.1, -0.05) is 119 Å². The standard InChI is InChI=1S/C36H30O2/c1-23-9-5-13-27(17-23)33-31(21-37)35(29-15-7-11-25(3)19-29)36(30-16-8-12-26(4)20-30)32(22-38)34(33)28-14-6-10-24(2)18-28/h5-22H,1-4H3. The van der Waals surface area contributed by atoms with Gasteiger partial charge in [-0.05, 0) is 49.9 Å². The van der Waals surface area contributed by atoms with E-state index in [4.69, 9.17) is 0 Å². The Labute approximate surface area is 224 Å². The molecule has 0 bridgehead atoms. The quantitative estimate of drug-likeness (QED) is 0.220. The average molecular weight is 495 g/mol. The Kier molecular flexibility index (Phi) is 6.89. The molecular formula is C36H30O2. The van der Waals surface area contributed by atoms with E-state index in [1.807, 2.05) is 100 Å². The number of carbonyl (C=O) groups excluding carboxylic acids is 2. The molecule has 0 unspecified atom stereocenters. The third kappa shape index (κ3) is 4.62. The predicted octanol–water partition coefficient (Wildman–Crippen LogP) is 9.21. The number of rotatable bonds is 6. The van der Waals surface area contributed by atoms with Gasteiger partial charge in [0, 0.05) is 33.4 Å². The molecule has 186 valence electrons. The Balaban J connectivity index is 2.08. The zero-order valence-corrected chi connectivity index (χ0v) is 22.2. The Morgan fingerprint density at radius 3 is 0.816 bits per heavy atom. The molecule has 0 aliphatic rings. The molecule has 2 heteroatoms. The zero-order chi connectivity index (χ0) is 26.8. The van der Waals surface area contributed by atoms with Crippen LogP contribution in [-0.4, -0.2) is 12.6 Å². The first-order valence-electron chi connectivity index (χ1n) is 12.8. The van der Waals surface area contributed by atoms with Crippen molar-refractivity contribution in [3.8, 4) is 44.5 Å². The van der Waals surface area contributed by atoms with Gasteiger partial charge in [-0.2, -0.15) is 0 Å². The topological polar surface area (TPSA) is 34.1 Å². The molecule has 0 saturated heterocycles. The number of benzene rings is 5. The monoisotopic (exact) mass is 494 g/mol. The van der Waals surface area contributed by atoms with Crippen LogP contribution in [0.1, 0.15) is 43.0 Å². The second-order valence-corrected chi connectivity index (χ2v) is 10.0. The summed E-state index contributed by atoms with van der Waals surface area (Å²) in [5.41, 5.74) is 12.3. The van der Waals surface area contributed by atoms with Crippen LogP contribution in [0, 0.1) is 27.7 Å². The van der Waals surface area contributed by atoms with Gasteiger partial charge in [-0.15, -0.1) is 0 Å². The van der Waals surface area contributed by atoms with E-state index in [1.165, 1.54) is 0 Å². The van der Waals surface area contributed by atoms with Crippen LogP contribution in [-0.2, 0) is 0 Å². The lowest BCUT2D eigenvalue weighted by atomic mass is 9.77. The maximum atomic E-state index is 13.2. The van der Waals surface area contributed by atoms with E-state index < -0.39 is 0 Å². The van der Waals surface area contributed by atoms with Crippen molar-refractivity contribution in [1.29, 1.82) is 0 Å².